The third-order valence-corrected chi connectivity index (χ3v) is 7.94. The zero-order valence-electron chi connectivity index (χ0n) is 23.9. The molecule has 1 aliphatic rings. The molecule has 4 aromatic rings. The number of rotatable bonds is 8. The molecular weight excluding hydrogens is 594 g/mol. The van der Waals surface area contributed by atoms with E-state index in [0.717, 1.165) is 9.44 Å². The smallest absolute Gasteiger partial charge is 0.270 e. The predicted molar refractivity (Wildman–Crippen MR) is 162 cm³/mol. The molecule has 4 aromatic heterocycles. The topological polar surface area (TPSA) is 141 Å². The number of ether oxygens (including phenoxy) is 1. The van der Waals surface area contributed by atoms with Crippen molar-refractivity contribution >= 4 is 46.4 Å². The van der Waals surface area contributed by atoms with Crippen molar-refractivity contribution in [1.29, 1.82) is 0 Å². The first kappa shape index (κ1) is 30.3. The van der Waals surface area contributed by atoms with Crippen LogP contribution in [0.15, 0.2) is 53.7 Å². The fraction of sp³-hybridized carbons (Fsp3) is 0.345. The number of pyridine rings is 1. The number of nitrogens with zero attached hydrogens (tertiary/aromatic N) is 6. The standard InChI is InChI=1S/C29H30ClN7O5S/c1-29(2,3)28(41)37-25(33-15-19-4-5-24(30)43-19)14-20(34-37)18-12-22(27(40)35-8-10-42-11-9-35)36(26(39)13-18)17-23(38)21-16-31-6-7-32-21/h4-7,12-14,16,33H,8-11,15,17H2,1-3H3. The van der Waals surface area contributed by atoms with Gasteiger partial charge in [-0.15, -0.1) is 11.3 Å². The highest BCUT2D eigenvalue weighted by Crippen LogP contribution is 2.28. The van der Waals surface area contributed by atoms with Gasteiger partial charge in [-0.2, -0.15) is 9.78 Å². The molecule has 1 N–H and O–H groups in total. The molecule has 224 valence electrons. The molecule has 0 radical (unpaired) electrons. The first-order valence-electron chi connectivity index (χ1n) is 13.6. The summed E-state index contributed by atoms with van der Waals surface area (Å²) in [5, 5.41) is 7.81. The lowest BCUT2D eigenvalue weighted by Crippen LogP contribution is -2.43. The third-order valence-electron chi connectivity index (χ3n) is 6.71. The molecule has 1 amide bonds. The van der Waals surface area contributed by atoms with Crippen LogP contribution in [-0.2, 0) is 17.8 Å². The second-order valence-corrected chi connectivity index (χ2v) is 12.7. The Bertz CT molecular complexity index is 1720. The van der Waals surface area contributed by atoms with Gasteiger partial charge in [-0.3, -0.25) is 28.7 Å². The lowest BCUT2D eigenvalue weighted by atomic mass is 9.96. The Morgan fingerprint density at radius 3 is 2.51 bits per heavy atom. The van der Waals surface area contributed by atoms with E-state index in [0.29, 0.717) is 54.3 Å². The highest BCUT2D eigenvalue weighted by atomic mass is 35.5. The highest BCUT2D eigenvalue weighted by Gasteiger charge is 2.29. The van der Waals surface area contributed by atoms with Gasteiger partial charge in [0.25, 0.3) is 17.4 Å². The molecule has 1 saturated heterocycles. The SMILES string of the molecule is CC(C)(C)C(=O)n1nc(-c2cc(C(=O)N3CCOCC3)n(CC(=O)c3cnccn3)c(=O)c2)cc1NCc1ccc(Cl)s1. The number of hydrogen-bond donors (Lipinski definition) is 1. The van der Waals surface area contributed by atoms with Crippen LogP contribution in [0.1, 0.15) is 51.4 Å². The first-order valence-corrected chi connectivity index (χ1v) is 14.7. The molecule has 1 aliphatic heterocycles. The monoisotopic (exact) mass is 623 g/mol. The van der Waals surface area contributed by atoms with Crippen molar-refractivity contribution in [2.45, 2.75) is 33.9 Å². The minimum absolute atomic E-state index is 0.0149. The Hall–Kier alpha value is -4.20. The Kier molecular flexibility index (Phi) is 8.85. The summed E-state index contributed by atoms with van der Waals surface area (Å²) in [4.78, 5) is 64.1. The fourth-order valence-electron chi connectivity index (χ4n) is 4.43. The average molecular weight is 624 g/mol. The number of carbonyl (C=O) groups is 3. The van der Waals surface area contributed by atoms with Crippen LogP contribution in [0, 0.1) is 5.41 Å². The summed E-state index contributed by atoms with van der Waals surface area (Å²) in [6.45, 7) is 6.74. The van der Waals surface area contributed by atoms with Gasteiger partial charge in [-0.1, -0.05) is 32.4 Å². The summed E-state index contributed by atoms with van der Waals surface area (Å²) in [5.74, 6) is -0.744. The van der Waals surface area contributed by atoms with Crippen molar-refractivity contribution in [3.63, 3.8) is 0 Å². The molecule has 0 aromatic carbocycles. The summed E-state index contributed by atoms with van der Waals surface area (Å²) in [6, 6.07) is 8.17. The first-order chi connectivity index (χ1) is 20.5. The zero-order chi connectivity index (χ0) is 30.7. The maximum Gasteiger partial charge on any atom is 0.270 e. The van der Waals surface area contributed by atoms with Gasteiger partial charge in [0.05, 0.1) is 42.5 Å². The van der Waals surface area contributed by atoms with Crippen molar-refractivity contribution < 1.29 is 19.1 Å². The molecule has 0 bridgehead atoms. The van der Waals surface area contributed by atoms with Crippen molar-refractivity contribution in [3.8, 4) is 11.3 Å². The van der Waals surface area contributed by atoms with Gasteiger partial charge in [0.1, 0.15) is 17.2 Å². The van der Waals surface area contributed by atoms with E-state index in [-0.39, 0.29) is 17.3 Å². The molecular formula is C29H30ClN7O5S. The van der Waals surface area contributed by atoms with Crippen molar-refractivity contribution in [2.75, 3.05) is 31.6 Å². The van der Waals surface area contributed by atoms with Crippen LogP contribution < -0.4 is 10.9 Å². The average Bonchev–Trinajstić information content (AvgIpc) is 3.62. The Morgan fingerprint density at radius 2 is 1.86 bits per heavy atom. The number of Topliss-reactive ketones (excluding diaryl/α,β-unsaturated/α-hetero) is 1. The van der Waals surface area contributed by atoms with Crippen molar-refractivity contribution in [1.82, 2.24) is 29.2 Å². The van der Waals surface area contributed by atoms with Gasteiger partial charge in [0.15, 0.2) is 0 Å². The minimum atomic E-state index is -0.756. The van der Waals surface area contributed by atoms with Crippen LogP contribution in [0.25, 0.3) is 11.3 Å². The number of aromatic nitrogens is 5. The molecule has 1 fully saturated rings. The van der Waals surface area contributed by atoms with E-state index in [9.17, 15) is 19.2 Å². The van der Waals surface area contributed by atoms with Crippen molar-refractivity contribution in [3.05, 3.63) is 79.9 Å². The molecule has 0 atom stereocenters. The van der Waals surface area contributed by atoms with E-state index in [4.69, 9.17) is 16.3 Å². The van der Waals surface area contributed by atoms with Gasteiger partial charge >= 0.3 is 0 Å². The Labute approximate surface area is 256 Å². The van der Waals surface area contributed by atoms with Gasteiger partial charge in [-0.05, 0) is 18.2 Å². The number of hydrogen-bond acceptors (Lipinski definition) is 10. The van der Waals surface area contributed by atoms with Gasteiger partial charge in [0.2, 0.25) is 5.78 Å². The fourth-order valence-corrected chi connectivity index (χ4v) is 5.45. The van der Waals surface area contributed by atoms with Crippen LogP contribution in [0.4, 0.5) is 5.82 Å². The number of ketones is 1. The molecule has 43 heavy (non-hydrogen) atoms. The molecule has 5 rings (SSSR count). The van der Waals surface area contributed by atoms with E-state index < -0.39 is 29.2 Å². The number of amides is 1. The lowest BCUT2D eigenvalue weighted by molar-refractivity contribution is 0.0295. The maximum atomic E-state index is 13.7. The number of nitrogens with one attached hydrogen (secondary N) is 1. The van der Waals surface area contributed by atoms with E-state index in [1.807, 2.05) is 6.07 Å². The summed E-state index contributed by atoms with van der Waals surface area (Å²) in [5.41, 5.74) is -0.609. The van der Waals surface area contributed by atoms with Crippen LogP contribution in [0.2, 0.25) is 4.34 Å². The molecule has 0 spiro atoms. The lowest BCUT2D eigenvalue weighted by Gasteiger charge is -2.27. The van der Waals surface area contributed by atoms with Crippen molar-refractivity contribution in [2.24, 2.45) is 5.41 Å². The Morgan fingerprint density at radius 1 is 1.09 bits per heavy atom. The normalized spacial score (nSPS) is 13.6. The molecule has 5 heterocycles. The second-order valence-electron chi connectivity index (χ2n) is 10.9. The van der Waals surface area contributed by atoms with Crippen LogP contribution >= 0.6 is 22.9 Å². The molecule has 12 nitrogen and oxygen atoms in total. The zero-order valence-corrected chi connectivity index (χ0v) is 25.4. The van der Waals surface area contributed by atoms with E-state index in [1.165, 1.54) is 46.7 Å². The van der Waals surface area contributed by atoms with Gasteiger partial charge in [-0.25, -0.2) is 4.98 Å². The number of carbonyl (C=O) groups excluding carboxylic acids is 3. The summed E-state index contributed by atoms with van der Waals surface area (Å²) < 4.78 is 8.44. The third kappa shape index (κ3) is 6.90. The van der Waals surface area contributed by atoms with Crippen LogP contribution in [0.5, 0.6) is 0 Å². The largest absolute Gasteiger partial charge is 0.378 e. The van der Waals surface area contributed by atoms with Crippen LogP contribution in [0.3, 0.4) is 0 Å². The van der Waals surface area contributed by atoms with E-state index in [1.54, 1.807) is 37.8 Å². The Balaban J connectivity index is 1.56. The summed E-state index contributed by atoms with van der Waals surface area (Å²) in [7, 11) is 0. The number of anilines is 1. The number of morpholine rings is 1. The maximum absolute atomic E-state index is 13.7. The number of thiophene rings is 1. The van der Waals surface area contributed by atoms with Crippen LogP contribution in [-0.4, -0.2) is 73.1 Å². The molecule has 0 unspecified atom stereocenters. The predicted octanol–water partition coefficient (Wildman–Crippen LogP) is 3.87. The second kappa shape index (κ2) is 12.6. The van der Waals surface area contributed by atoms with Gasteiger partial charge in [0, 0.05) is 53.5 Å². The number of halogens is 1. The van der Waals surface area contributed by atoms with E-state index >= 15 is 0 Å². The molecule has 0 aliphatic carbocycles. The molecule has 0 saturated carbocycles. The molecule has 14 heteroatoms. The summed E-state index contributed by atoms with van der Waals surface area (Å²) >= 11 is 7.49. The quantitative estimate of drug-likeness (QED) is 0.290. The highest BCUT2D eigenvalue weighted by molar-refractivity contribution is 7.16. The summed E-state index contributed by atoms with van der Waals surface area (Å²) in [6.07, 6.45) is 4.13. The minimum Gasteiger partial charge on any atom is -0.378 e. The van der Waals surface area contributed by atoms with Gasteiger partial charge < -0.3 is 15.0 Å². The van der Waals surface area contributed by atoms with E-state index in [2.05, 4.69) is 20.4 Å².